The molecule has 1 heteroatoms. The van der Waals surface area contributed by atoms with Crippen LogP contribution in [0.2, 0.25) is 0 Å². The lowest BCUT2D eigenvalue weighted by Gasteiger charge is -2.14. The molecule has 2 aliphatic rings. The van der Waals surface area contributed by atoms with Crippen molar-refractivity contribution in [1.29, 1.82) is 0 Å². The van der Waals surface area contributed by atoms with Crippen LogP contribution in [-0.4, -0.2) is 0 Å². The maximum Gasteiger partial charge on any atom is 0.0306 e. The average molecular weight is 245 g/mol. The fraction of sp³-hybridized carbons (Fsp3) is 0.312. The molecule has 0 radical (unpaired) electrons. The quantitative estimate of drug-likeness (QED) is 0.585. The Labute approximate surface area is 108 Å². The van der Waals surface area contributed by atoms with E-state index in [-0.39, 0.29) is 0 Å². The topological polar surface area (TPSA) is 0 Å². The molecule has 0 fully saturated rings. The number of rotatable bonds is 2. The molecule has 0 bridgehead atoms. The maximum absolute atomic E-state index is 6.29. The van der Waals surface area contributed by atoms with Gasteiger partial charge in [-0.15, -0.1) is 5.73 Å². The molecule has 17 heavy (non-hydrogen) atoms. The number of halogens is 1. The van der Waals surface area contributed by atoms with Crippen molar-refractivity contribution < 1.29 is 0 Å². The zero-order valence-electron chi connectivity index (χ0n) is 10.4. The van der Waals surface area contributed by atoms with Crippen LogP contribution < -0.4 is 0 Å². The molecule has 0 nitrogen and oxygen atoms in total. The first kappa shape index (κ1) is 12.2. The fourth-order valence-corrected chi connectivity index (χ4v) is 2.61. The van der Waals surface area contributed by atoms with Crippen LogP contribution in [0, 0.1) is 0 Å². The highest BCUT2D eigenvalue weighted by Crippen LogP contribution is 2.37. The molecule has 0 aromatic rings. The molecule has 0 unspecified atom stereocenters. The van der Waals surface area contributed by atoms with Gasteiger partial charge in [-0.2, -0.15) is 0 Å². The van der Waals surface area contributed by atoms with E-state index in [1.807, 2.05) is 0 Å². The zero-order chi connectivity index (χ0) is 12.4. The largest absolute Gasteiger partial charge is 0.120 e. The summed E-state index contributed by atoms with van der Waals surface area (Å²) in [6.07, 6.45) is 9.54. The van der Waals surface area contributed by atoms with Gasteiger partial charge >= 0.3 is 0 Å². The molecule has 88 valence electrons. The third-order valence-corrected chi connectivity index (χ3v) is 3.58. The van der Waals surface area contributed by atoms with Gasteiger partial charge in [0.15, 0.2) is 0 Å². The first-order valence-electron chi connectivity index (χ1n) is 5.94. The van der Waals surface area contributed by atoms with Crippen LogP contribution in [0.5, 0.6) is 0 Å². The second kappa shape index (κ2) is 4.96. The zero-order valence-corrected chi connectivity index (χ0v) is 11.2. The Balaban J connectivity index is 2.37. The van der Waals surface area contributed by atoms with Gasteiger partial charge in [0.1, 0.15) is 0 Å². The van der Waals surface area contributed by atoms with Gasteiger partial charge in [0.2, 0.25) is 0 Å². The van der Waals surface area contributed by atoms with Gasteiger partial charge in [-0.25, -0.2) is 0 Å². The molecular formula is C16H17Cl. The molecule has 0 aliphatic heterocycles. The van der Waals surface area contributed by atoms with E-state index < -0.39 is 0 Å². The smallest absolute Gasteiger partial charge is 0.0306 e. The third-order valence-electron chi connectivity index (χ3n) is 3.24. The van der Waals surface area contributed by atoms with E-state index in [2.05, 4.69) is 44.4 Å². The molecule has 0 amide bonds. The maximum atomic E-state index is 6.29. The van der Waals surface area contributed by atoms with Crippen LogP contribution in [0.25, 0.3) is 0 Å². The van der Waals surface area contributed by atoms with Crippen molar-refractivity contribution >= 4 is 11.6 Å². The van der Waals surface area contributed by atoms with Gasteiger partial charge in [-0.1, -0.05) is 47.6 Å². The minimum absolute atomic E-state index is 0.865. The molecule has 0 heterocycles. The first-order chi connectivity index (χ1) is 8.11. The van der Waals surface area contributed by atoms with E-state index in [0.717, 1.165) is 35.4 Å². The lowest BCUT2D eigenvalue weighted by molar-refractivity contribution is 0.916. The minimum atomic E-state index is 0.865. The molecule has 2 rings (SSSR count). The summed E-state index contributed by atoms with van der Waals surface area (Å²) in [5.74, 6) is 0. The predicted molar refractivity (Wildman–Crippen MR) is 75.0 cm³/mol. The first-order valence-corrected chi connectivity index (χ1v) is 6.32. The minimum Gasteiger partial charge on any atom is -0.120 e. The molecule has 2 aliphatic carbocycles. The summed E-state index contributed by atoms with van der Waals surface area (Å²) in [5, 5.41) is 0.917. The second-order valence-electron chi connectivity index (χ2n) is 4.74. The summed E-state index contributed by atoms with van der Waals surface area (Å²) in [6, 6.07) is 0. The predicted octanol–water partition coefficient (Wildman–Crippen LogP) is 5.21. The fourth-order valence-electron chi connectivity index (χ4n) is 2.25. The Kier molecular flexibility index (Phi) is 3.57. The Morgan fingerprint density at radius 2 is 2.00 bits per heavy atom. The Morgan fingerprint density at radius 1 is 1.24 bits per heavy atom. The molecule has 0 saturated carbocycles. The van der Waals surface area contributed by atoms with Crippen LogP contribution in [-0.2, 0) is 0 Å². The summed E-state index contributed by atoms with van der Waals surface area (Å²) in [4.78, 5) is 0. The Bertz CT molecular complexity index is 518. The molecule has 0 atom stereocenters. The average Bonchev–Trinajstić information content (AvgIpc) is 2.62. The normalized spacial score (nSPS) is 19.6. The summed E-state index contributed by atoms with van der Waals surface area (Å²) in [7, 11) is 0. The van der Waals surface area contributed by atoms with Crippen LogP contribution in [0.15, 0.2) is 63.4 Å². The Hall–Kier alpha value is -1.23. The number of allylic oxidation sites excluding steroid dienone is 9. The van der Waals surface area contributed by atoms with Crippen LogP contribution in [0.1, 0.15) is 33.1 Å². The van der Waals surface area contributed by atoms with Crippen LogP contribution in [0.4, 0.5) is 0 Å². The molecule has 0 aromatic carbocycles. The van der Waals surface area contributed by atoms with E-state index in [4.69, 9.17) is 11.6 Å². The summed E-state index contributed by atoms with van der Waals surface area (Å²) in [6.45, 7) is 8.08. The summed E-state index contributed by atoms with van der Waals surface area (Å²) in [5.41, 5.74) is 9.28. The second-order valence-corrected chi connectivity index (χ2v) is 5.20. The van der Waals surface area contributed by atoms with Crippen molar-refractivity contribution in [2.24, 2.45) is 0 Å². The highest BCUT2D eigenvalue weighted by atomic mass is 35.5. The Morgan fingerprint density at radius 3 is 2.47 bits per heavy atom. The van der Waals surface area contributed by atoms with Crippen molar-refractivity contribution in [1.82, 2.24) is 0 Å². The number of hydrogen-bond donors (Lipinski definition) is 0. The molecule has 0 saturated heterocycles. The lowest BCUT2D eigenvalue weighted by Crippen LogP contribution is -1.96. The van der Waals surface area contributed by atoms with E-state index in [1.165, 1.54) is 16.7 Å². The van der Waals surface area contributed by atoms with Gasteiger partial charge in [0, 0.05) is 22.6 Å². The molecule has 0 aromatic heterocycles. The van der Waals surface area contributed by atoms with E-state index in [9.17, 15) is 0 Å². The molecular weight excluding hydrogens is 228 g/mol. The summed E-state index contributed by atoms with van der Waals surface area (Å²) < 4.78 is 0. The molecule has 0 spiro atoms. The van der Waals surface area contributed by atoms with Gasteiger partial charge in [-0.05, 0) is 32.3 Å². The van der Waals surface area contributed by atoms with Crippen molar-refractivity contribution in [2.45, 2.75) is 33.1 Å². The van der Waals surface area contributed by atoms with Gasteiger partial charge in [0.05, 0.1) is 0 Å². The monoisotopic (exact) mass is 244 g/mol. The van der Waals surface area contributed by atoms with Crippen LogP contribution in [0.3, 0.4) is 0 Å². The van der Waals surface area contributed by atoms with Gasteiger partial charge in [0.25, 0.3) is 0 Å². The summed E-state index contributed by atoms with van der Waals surface area (Å²) >= 11 is 6.29. The lowest BCUT2D eigenvalue weighted by atomic mass is 9.90. The van der Waals surface area contributed by atoms with E-state index >= 15 is 0 Å². The van der Waals surface area contributed by atoms with E-state index in [1.54, 1.807) is 0 Å². The highest BCUT2D eigenvalue weighted by molar-refractivity contribution is 6.31. The highest BCUT2D eigenvalue weighted by Gasteiger charge is 2.18. The van der Waals surface area contributed by atoms with E-state index in [0.29, 0.717) is 0 Å². The molecule has 0 N–H and O–H groups in total. The standard InChI is InChI=1S/C16H17Cl/c1-4-14(13-7-5-11(2)6-8-13)15-9-12(3)10-16(15)17/h5,7,9H,1,6,8,10H2,2-3H3. The number of hydrogen-bond acceptors (Lipinski definition) is 0. The van der Waals surface area contributed by atoms with Crippen molar-refractivity contribution in [3.8, 4) is 0 Å². The van der Waals surface area contributed by atoms with Gasteiger partial charge < -0.3 is 0 Å². The third kappa shape index (κ3) is 2.54. The van der Waals surface area contributed by atoms with Crippen molar-refractivity contribution in [2.75, 3.05) is 0 Å². The van der Waals surface area contributed by atoms with Gasteiger partial charge in [-0.3, -0.25) is 0 Å². The van der Waals surface area contributed by atoms with Crippen molar-refractivity contribution in [3.63, 3.8) is 0 Å². The SMILES string of the molecule is C=C=C(C1=CC=C(C)CC1)C1=C(Cl)CC(C)=C1. The van der Waals surface area contributed by atoms with Crippen LogP contribution >= 0.6 is 11.6 Å². The van der Waals surface area contributed by atoms with Crippen molar-refractivity contribution in [3.05, 3.63) is 63.4 Å².